The van der Waals surface area contributed by atoms with E-state index in [-0.39, 0.29) is 30.3 Å². The zero-order valence-electron chi connectivity index (χ0n) is 15.3. The highest BCUT2D eigenvalue weighted by molar-refractivity contribution is 5.80. The van der Waals surface area contributed by atoms with Crippen LogP contribution in [-0.4, -0.2) is 56.6 Å². The highest BCUT2D eigenvalue weighted by atomic mass is 16.3. The molecule has 1 fully saturated rings. The maximum absolute atomic E-state index is 12.7. The van der Waals surface area contributed by atoms with Crippen molar-refractivity contribution < 1.29 is 14.7 Å². The van der Waals surface area contributed by atoms with Gasteiger partial charge in [-0.3, -0.25) is 9.59 Å². The van der Waals surface area contributed by atoms with Gasteiger partial charge in [-0.15, -0.1) is 0 Å². The van der Waals surface area contributed by atoms with Crippen molar-refractivity contribution in [2.45, 2.75) is 45.4 Å². The van der Waals surface area contributed by atoms with Crippen LogP contribution in [0, 0.1) is 5.92 Å². The molecule has 2 amide bonds. The Morgan fingerprint density at radius 1 is 1.27 bits per heavy atom. The number of benzene rings is 1. The molecule has 0 bridgehead atoms. The molecule has 2 heterocycles. The molecule has 0 radical (unpaired) electrons. The van der Waals surface area contributed by atoms with Crippen LogP contribution in [0.1, 0.15) is 26.7 Å². The van der Waals surface area contributed by atoms with E-state index in [0.29, 0.717) is 25.9 Å². The number of aromatic nitrogens is 2. The van der Waals surface area contributed by atoms with Crippen molar-refractivity contribution in [2.24, 2.45) is 5.92 Å². The van der Waals surface area contributed by atoms with Gasteiger partial charge in [0.15, 0.2) is 0 Å². The molecule has 7 heteroatoms. The molecule has 7 nitrogen and oxygen atoms in total. The van der Waals surface area contributed by atoms with Crippen LogP contribution in [0.2, 0.25) is 0 Å². The minimum absolute atomic E-state index is 0.00353. The highest BCUT2D eigenvalue weighted by Gasteiger charge is 2.28. The third-order valence-electron chi connectivity index (χ3n) is 4.91. The summed E-state index contributed by atoms with van der Waals surface area (Å²) in [7, 11) is 0. The summed E-state index contributed by atoms with van der Waals surface area (Å²) in [4.78, 5) is 30.7. The lowest BCUT2D eigenvalue weighted by atomic mass is 10.1. The lowest BCUT2D eigenvalue weighted by Gasteiger charge is -2.22. The third kappa shape index (κ3) is 4.04. The highest BCUT2D eigenvalue weighted by Crippen LogP contribution is 2.15. The maximum Gasteiger partial charge on any atom is 0.242 e. The van der Waals surface area contributed by atoms with Gasteiger partial charge < -0.3 is 19.9 Å². The average Bonchev–Trinajstić information content (AvgIpc) is 2.93. The van der Waals surface area contributed by atoms with E-state index in [2.05, 4.69) is 10.3 Å². The van der Waals surface area contributed by atoms with Crippen molar-refractivity contribution in [3.8, 4) is 0 Å². The first-order valence-electron chi connectivity index (χ1n) is 9.12. The fourth-order valence-corrected chi connectivity index (χ4v) is 3.24. The number of hydrogen-bond donors (Lipinski definition) is 2. The molecule has 0 aliphatic carbocycles. The molecule has 1 aromatic carbocycles. The summed E-state index contributed by atoms with van der Waals surface area (Å²) >= 11 is 0. The van der Waals surface area contributed by atoms with Gasteiger partial charge in [-0.05, 0) is 25.0 Å². The predicted molar refractivity (Wildman–Crippen MR) is 98.3 cm³/mol. The molecule has 1 aliphatic heterocycles. The van der Waals surface area contributed by atoms with Gasteiger partial charge in [0.2, 0.25) is 11.8 Å². The van der Waals surface area contributed by atoms with E-state index >= 15 is 0 Å². The zero-order chi connectivity index (χ0) is 18.7. The molecule has 1 saturated heterocycles. The molecule has 2 N–H and O–H groups in total. The Morgan fingerprint density at radius 3 is 2.77 bits per heavy atom. The van der Waals surface area contributed by atoms with Crippen LogP contribution >= 0.6 is 0 Å². The number of carbonyl (C=O) groups excluding carboxylic acids is 2. The monoisotopic (exact) mass is 358 g/mol. The van der Waals surface area contributed by atoms with Crippen molar-refractivity contribution in [1.82, 2.24) is 19.8 Å². The Labute approximate surface area is 153 Å². The van der Waals surface area contributed by atoms with Crippen LogP contribution in [0.4, 0.5) is 0 Å². The standard InChI is InChI=1S/C19H26N4O3/c1-13(2)19(26)21-15-7-9-22(10-8-17(15)24)18(25)11-23-12-20-14-5-3-4-6-16(14)23/h3-6,12-13,15,17,24H,7-11H2,1-2H3,(H,21,26)/t15-,17-/m0/s1. The molecule has 2 aromatic rings. The van der Waals surface area contributed by atoms with Gasteiger partial charge in [0.25, 0.3) is 0 Å². The van der Waals surface area contributed by atoms with E-state index in [1.54, 1.807) is 11.2 Å². The Bertz CT molecular complexity index is 786. The van der Waals surface area contributed by atoms with Crippen molar-refractivity contribution in [3.05, 3.63) is 30.6 Å². The van der Waals surface area contributed by atoms with Crippen LogP contribution in [0.15, 0.2) is 30.6 Å². The van der Waals surface area contributed by atoms with Crippen molar-refractivity contribution >= 4 is 22.8 Å². The average molecular weight is 358 g/mol. The number of aliphatic hydroxyl groups is 1. The summed E-state index contributed by atoms with van der Waals surface area (Å²) in [6.07, 6.45) is 2.06. The molecule has 0 unspecified atom stereocenters. The lowest BCUT2D eigenvalue weighted by molar-refractivity contribution is -0.131. The van der Waals surface area contributed by atoms with Gasteiger partial charge >= 0.3 is 0 Å². The predicted octanol–water partition coefficient (Wildman–Crippen LogP) is 1.16. The van der Waals surface area contributed by atoms with Crippen LogP contribution in [0.25, 0.3) is 11.0 Å². The molecule has 1 aromatic heterocycles. The first kappa shape index (κ1) is 18.4. The summed E-state index contributed by atoms with van der Waals surface area (Å²) < 4.78 is 1.84. The second kappa shape index (κ2) is 7.86. The topological polar surface area (TPSA) is 87.5 Å². The first-order valence-corrected chi connectivity index (χ1v) is 9.12. The SMILES string of the molecule is CC(C)C(=O)N[C@H]1CCN(C(=O)Cn2cnc3ccccc32)CC[C@@H]1O. The quantitative estimate of drug-likeness (QED) is 0.859. The fourth-order valence-electron chi connectivity index (χ4n) is 3.24. The summed E-state index contributed by atoms with van der Waals surface area (Å²) in [6, 6.07) is 7.40. The van der Waals surface area contributed by atoms with E-state index in [9.17, 15) is 14.7 Å². The number of likely N-dealkylation sites (tertiary alicyclic amines) is 1. The third-order valence-corrected chi connectivity index (χ3v) is 4.91. The number of nitrogens with one attached hydrogen (secondary N) is 1. The zero-order valence-corrected chi connectivity index (χ0v) is 15.3. The summed E-state index contributed by atoms with van der Waals surface area (Å²) in [5.74, 6) is -0.201. The van der Waals surface area contributed by atoms with E-state index < -0.39 is 6.10 Å². The largest absolute Gasteiger partial charge is 0.391 e. The molecule has 0 spiro atoms. The van der Waals surface area contributed by atoms with E-state index in [1.807, 2.05) is 42.7 Å². The maximum atomic E-state index is 12.7. The fraction of sp³-hybridized carbons (Fsp3) is 0.526. The minimum atomic E-state index is -0.635. The van der Waals surface area contributed by atoms with Crippen LogP contribution in [-0.2, 0) is 16.1 Å². The smallest absolute Gasteiger partial charge is 0.242 e. The second-order valence-corrected chi connectivity index (χ2v) is 7.16. The second-order valence-electron chi connectivity index (χ2n) is 7.16. The van der Waals surface area contributed by atoms with Gasteiger partial charge in [-0.2, -0.15) is 0 Å². The Balaban J connectivity index is 1.63. The summed E-state index contributed by atoms with van der Waals surface area (Å²) in [6.45, 7) is 4.87. The Kier molecular flexibility index (Phi) is 5.56. The number of nitrogens with zero attached hydrogens (tertiary/aromatic N) is 3. The lowest BCUT2D eigenvalue weighted by Crippen LogP contribution is -2.44. The van der Waals surface area contributed by atoms with Crippen LogP contribution < -0.4 is 5.32 Å². The van der Waals surface area contributed by atoms with E-state index in [1.165, 1.54) is 0 Å². The van der Waals surface area contributed by atoms with Gasteiger partial charge in [0.05, 0.1) is 29.5 Å². The molecule has 26 heavy (non-hydrogen) atoms. The Hall–Kier alpha value is -2.41. The number of fused-ring (bicyclic) bond motifs is 1. The van der Waals surface area contributed by atoms with E-state index in [4.69, 9.17) is 0 Å². The normalized spacial score (nSPS) is 21.0. The first-order chi connectivity index (χ1) is 12.5. The van der Waals surface area contributed by atoms with Gasteiger partial charge in [-0.25, -0.2) is 4.98 Å². The minimum Gasteiger partial charge on any atom is -0.391 e. The van der Waals surface area contributed by atoms with Crippen molar-refractivity contribution in [3.63, 3.8) is 0 Å². The van der Waals surface area contributed by atoms with E-state index in [0.717, 1.165) is 11.0 Å². The van der Waals surface area contributed by atoms with Gasteiger partial charge in [0, 0.05) is 19.0 Å². The van der Waals surface area contributed by atoms with Crippen molar-refractivity contribution in [2.75, 3.05) is 13.1 Å². The van der Waals surface area contributed by atoms with Crippen LogP contribution in [0.5, 0.6) is 0 Å². The summed E-state index contributed by atoms with van der Waals surface area (Å²) in [5.41, 5.74) is 1.79. The Morgan fingerprint density at radius 2 is 2.00 bits per heavy atom. The van der Waals surface area contributed by atoms with Crippen molar-refractivity contribution in [1.29, 1.82) is 0 Å². The molecule has 140 valence electrons. The molecule has 1 aliphatic rings. The molecule has 0 saturated carbocycles. The number of imidazole rings is 1. The van der Waals surface area contributed by atoms with Crippen LogP contribution in [0.3, 0.4) is 0 Å². The molecular formula is C19H26N4O3. The summed E-state index contributed by atoms with van der Waals surface area (Å²) in [5, 5.41) is 13.2. The number of para-hydroxylation sites is 2. The van der Waals surface area contributed by atoms with Gasteiger partial charge in [-0.1, -0.05) is 26.0 Å². The number of rotatable bonds is 4. The molecular weight excluding hydrogens is 332 g/mol. The number of hydrogen-bond acceptors (Lipinski definition) is 4. The number of aliphatic hydroxyl groups excluding tert-OH is 1. The number of carbonyl (C=O) groups is 2. The molecule has 3 rings (SSSR count). The molecule has 2 atom stereocenters. The number of amides is 2. The van der Waals surface area contributed by atoms with Gasteiger partial charge in [0.1, 0.15) is 6.54 Å².